The zero-order valence-corrected chi connectivity index (χ0v) is 27.9. The summed E-state index contributed by atoms with van der Waals surface area (Å²) in [6, 6.07) is 19.7. The second-order valence-corrected chi connectivity index (χ2v) is 12.6. The average Bonchev–Trinajstić information content (AvgIpc) is 3.09. The van der Waals surface area contributed by atoms with Crippen LogP contribution < -0.4 is 26.4 Å². The maximum Gasteiger partial charge on any atom is 0.243 e. The zero-order valence-electron chi connectivity index (χ0n) is 27.9. The number of unbranched alkanes of at least 4 members (excludes halogenated alkanes) is 1. The largest absolute Gasteiger partial charge is 0.493 e. The Morgan fingerprint density at radius 3 is 2.40 bits per heavy atom. The van der Waals surface area contributed by atoms with Crippen molar-refractivity contribution in [3.63, 3.8) is 0 Å². The average molecular weight is 643 g/mol. The first-order valence-electron chi connectivity index (χ1n) is 17.1. The molecule has 0 spiro atoms. The second-order valence-electron chi connectivity index (χ2n) is 12.6. The van der Waals surface area contributed by atoms with Gasteiger partial charge in [-0.1, -0.05) is 94.3 Å². The van der Waals surface area contributed by atoms with Gasteiger partial charge in [0, 0.05) is 37.2 Å². The Kier molecular flexibility index (Phi) is 13.3. The summed E-state index contributed by atoms with van der Waals surface area (Å²) in [6.07, 6.45) is 3.76. The van der Waals surface area contributed by atoms with Gasteiger partial charge in [0.25, 0.3) is 0 Å². The van der Waals surface area contributed by atoms with Gasteiger partial charge in [0.05, 0.1) is 18.7 Å². The highest BCUT2D eigenvalue weighted by Crippen LogP contribution is 2.32. The number of benzene rings is 3. The van der Waals surface area contributed by atoms with Crippen LogP contribution in [-0.2, 0) is 25.6 Å². The van der Waals surface area contributed by atoms with Crippen LogP contribution in [0, 0.1) is 11.8 Å². The maximum atomic E-state index is 14.0. The van der Waals surface area contributed by atoms with Crippen molar-refractivity contribution in [1.82, 2.24) is 16.0 Å². The number of nitrogens with two attached hydrogens (primary N) is 1. The van der Waals surface area contributed by atoms with Gasteiger partial charge in [0.2, 0.25) is 17.7 Å². The van der Waals surface area contributed by atoms with Gasteiger partial charge in [-0.3, -0.25) is 19.2 Å². The molecule has 4 rings (SSSR count). The van der Waals surface area contributed by atoms with E-state index in [9.17, 15) is 19.2 Å². The number of rotatable bonds is 17. The molecule has 5 N–H and O–H groups in total. The molecule has 1 aliphatic rings. The summed E-state index contributed by atoms with van der Waals surface area (Å²) in [5.74, 6) is -1.03. The topological polar surface area (TPSA) is 140 Å². The molecule has 1 heterocycles. The summed E-state index contributed by atoms with van der Waals surface area (Å²) in [5.41, 5.74) is 7.58. The molecule has 3 aromatic carbocycles. The molecule has 0 saturated heterocycles. The van der Waals surface area contributed by atoms with E-state index < -0.39 is 23.9 Å². The second kappa shape index (κ2) is 17.6. The normalized spacial score (nSPS) is 16.6. The van der Waals surface area contributed by atoms with E-state index in [1.807, 2.05) is 80.6 Å². The molecule has 0 aromatic heterocycles. The first-order valence-corrected chi connectivity index (χ1v) is 17.1. The number of fused-ring (bicyclic) bond motifs is 2. The highest BCUT2D eigenvalue weighted by atomic mass is 16.5. The molecule has 3 aromatic rings. The van der Waals surface area contributed by atoms with Crippen molar-refractivity contribution in [2.45, 2.75) is 90.3 Å². The van der Waals surface area contributed by atoms with E-state index in [0.717, 1.165) is 34.1 Å². The monoisotopic (exact) mass is 642 g/mol. The highest BCUT2D eigenvalue weighted by molar-refractivity contribution is 5.95. The summed E-state index contributed by atoms with van der Waals surface area (Å²) in [7, 11) is 0. The van der Waals surface area contributed by atoms with Gasteiger partial charge in [-0.25, -0.2) is 0 Å². The summed E-state index contributed by atoms with van der Waals surface area (Å²) < 4.78 is 5.77. The van der Waals surface area contributed by atoms with Gasteiger partial charge < -0.3 is 26.4 Å². The molecule has 47 heavy (non-hydrogen) atoms. The highest BCUT2D eigenvalue weighted by Gasteiger charge is 2.33. The fraction of sp³-hybridized carbons (Fsp3) is 0.474. The number of para-hydroxylation sites is 1. The molecule has 252 valence electrons. The van der Waals surface area contributed by atoms with Crippen molar-refractivity contribution < 1.29 is 23.9 Å². The Labute approximate surface area is 278 Å². The van der Waals surface area contributed by atoms with Gasteiger partial charge in [-0.15, -0.1) is 0 Å². The molecule has 0 radical (unpaired) electrons. The number of ether oxygens (including phenoxy) is 1. The van der Waals surface area contributed by atoms with Gasteiger partial charge in [0.1, 0.15) is 11.8 Å². The van der Waals surface area contributed by atoms with Gasteiger partial charge >= 0.3 is 0 Å². The molecule has 0 aliphatic carbocycles. The minimum Gasteiger partial charge on any atom is -0.493 e. The number of carbonyl (C=O) groups excluding carboxylic acids is 4. The van der Waals surface area contributed by atoms with Gasteiger partial charge in [-0.2, -0.15) is 0 Å². The summed E-state index contributed by atoms with van der Waals surface area (Å²) in [5, 5.41) is 11.2. The predicted molar refractivity (Wildman–Crippen MR) is 185 cm³/mol. The fourth-order valence-electron chi connectivity index (χ4n) is 6.15. The van der Waals surface area contributed by atoms with E-state index in [0.29, 0.717) is 38.8 Å². The third-order valence-corrected chi connectivity index (χ3v) is 9.18. The van der Waals surface area contributed by atoms with E-state index in [2.05, 4.69) is 16.0 Å². The smallest absolute Gasteiger partial charge is 0.243 e. The molecule has 5 atom stereocenters. The minimum atomic E-state index is -0.861. The molecule has 0 unspecified atom stereocenters. The Hall–Kier alpha value is -4.24. The zero-order chi connectivity index (χ0) is 33.8. The Morgan fingerprint density at radius 1 is 0.915 bits per heavy atom. The lowest BCUT2D eigenvalue weighted by atomic mass is 9.87. The third kappa shape index (κ3) is 9.88. The molecule has 0 bridgehead atoms. The van der Waals surface area contributed by atoms with Crippen molar-refractivity contribution in [3.8, 4) is 5.75 Å². The number of carbonyl (C=O) groups is 4. The van der Waals surface area contributed by atoms with Crippen LogP contribution in [0.1, 0.15) is 82.9 Å². The van der Waals surface area contributed by atoms with E-state index in [1.54, 1.807) is 6.92 Å². The third-order valence-electron chi connectivity index (χ3n) is 9.18. The summed E-state index contributed by atoms with van der Waals surface area (Å²) >= 11 is 0. The number of ketones is 1. The van der Waals surface area contributed by atoms with Gasteiger partial charge in [0.15, 0.2) is 5.78 Å². The number of amides is 3. The first-order chi connectivity index (χ1) is 22.7. The summed E-state index contributed by atoms with van der Waals surface area (Å²) in [6.45, 7) is 6.63. The molecule has 9 nitrogen and oxygen atoms in total. The number of nitrogens with one attached hydrogen (secondary N) is 3. The van der Waals surface area contributed by atoms with Crippen LogP contribution in [0.4, 0.5) is 0 Å². The number of Topliss-reactive ketones (excluding diaryl/α,β-unsaturated/α-hetero) is 1. The minimum absolute atomic E-state index is 0.00673. The fourth-order valence-corrected chi connectivity index (χ4v) is 6.15. The van der Waals surface area contributed by atoms with Crippen molar-refractivity contribution in [2.24, 2.45) is 17.6 Å². The standard InChI is InChI=1S/C38H50N4O5/c1-4-25(3)36(42-38(46)32(40-35(44)5-2)23-26-17-18-27-12-6-7-13-28(27)22-26)33(43)24-29(14-10-11-20-39)37(45)41-31-19-21-47-34-16-9-8-15-30(31)34/h6-9,12-13,15-18,22,25,29,31-32,36H,4-5,10-11,14,19-21,23-24,39H2,1-3H3,(H,40,44)(H,41,45)(H,42,46)/t25-,29+,31-,32-,36-/m0/s1. The van der Waals surface area contributed by atoms with Crippen molar-refractivity contribution in [2.75, 3.05) is 13.2 Å². The van der Waals surface area contributed by atoms with Crippen LogP contribution in [0.2, 0.25) is 0 Å². The van der Waals surface area contributed by atoms with Crippen molar-refractivity contribution in [3.05, 3.63) is 77.9 Å². The van der Waals surface area contributed by atoms with E-state index in [1.165, 1.54) is 0 Å². The molecule has 0 fully saturated rings. The van der Waals surface area contributed by atoms with Crippen molar-refractivity contribution in [1.29, 1.82) is 0 Å². The van der Waals surface area contributed by atoms with Crippen LogP contribution in [0.15, 0.2) is 66.7 Å². The van der Waals surface area contributed by atoms with E-state index in [-0.39, 0.29) is 48.8 Å². The van der Waals surface area contributed by atoms with Crippen LogP contribution in [0.5, 0.6) is 5.75 Å². The molecule has 0 saturated carbocycles. The molecular weight excluding hydrogens is 592 g/mol. The number of hydrogen-bond acceptors (Lipinski definition) is 6. The molecular formula is C38H50N4O5. The Balaban J connectivity index is 1.50. The molecule has 1 aliphatic heterocycles. The Morgan fingerprint density at radius 2 is 1.66 bits per heavy atom. The lowest BCUT2D eigenvalue weighted by molar-refractivity contribution is -0.134. The Bertz CT molecular complexity index is 1520. The van der Waals surface area contributed by atoms with Gasteiger partial charge in [-0.05, 0) is 47.7 Å². The molecule has 3 amide bonds. The van der Waals surface area contributed by atoms with Crippen LogP contribution >= 0.6 is 0 Å². The predicted octanol–water partition coefficient (Wildman–Crippen LogP) is 5.15. The number of hydrogen-bond donors (Lipinski definition) is 4. The molecule has 9 heteroatoms. The van der Waals surface area contributed by atoms with Crippen LogP contribution in [-0.4, -0.2) is 48.7 Å². The first kappa shape index (κ1) is 35.6. The SMILES string of the molecule is CCC(=O)N[C@@H](Cc1ccc2ccccc2c1)C(=O)N[C@H](C(=O)C[C@@H](CCCCN)C(=O)N[C@H]1CCOc2ccccc21)[C@@H](C)CC. The van der Waals surface area contributed by atoms with Crippen molar-refractivity contribution >= 4 is 34.3 Å². The van der Waals surface area contributed by atoms with Crippen LogP contribution in [0.3, 0.4) is 0 Å². The quantitative estimate of drug-likeness (QED) is 0.150. The maximum absolute atomic E-state index is 14.0. The lowest BCUT2D eigenvalue weighted by Crippen LogP contribution is -2.54. The van der Waals surface area contributed by atoms with Crippen LogP contribution in [0.25, 0.3) is 10.8 Å². The lowest BCUT2D eigenvalue weighted by Gasteiger charge is -2.30. The summed E-state index contributed by atoms with van der Waals surface area (Å²) in [4.78, 5) is 54.1. The van der Waals surface area contributed by atoms with E-state index in [4.69, 9.17) is 10.5 Å². The van der Waals surface area contributed by atoms with E-state index >= 15 is 0 Å².